The number of rotatable bonds is 5. The molecule has 0 aliphatic heterocycles. The zero-order valence-corrected chi connectivity index (χ0v) is 17.6. The van der Waals surface area contributed by atoms with Gasteiger partial charge in [-0.15, -0.1) is 0 Å². The Kier molecular flexibility index (Phi) is 5.76. The van der Waals surface area contributed by atoms with Crippen LogP contribution in [0.5, 0.6) is 5.75 Å². The maximum Gasteiger partial charge on any atom is 0.149 e. The summed E-state index contributed by atoms with van der Waals surface area (Å²) < 4.78 is 5.99. The van der Waals surface area contributed by atoms with Gasteiger partial charge in [0.1, 0.15) is 24.3 Å². The van der Waals surface area contributed by atoms with Crippen LogP contribution in [0.3, 0.4) is 0 Å². The van der Waals surface area contributed by atoms with Gasteiger partial charge < -0.3 is 9.72 Å². The number of imidazole rings is 1. The lowest BCUT2D eigenvalue weighted by Gasteiger charge is -2.10. The summed E-state index contributed by atoms with van der Waals surface area (Å²) in [6, 6.07) is 21.1. The maximum absolute atomic E-state index is 9.73. The maximum atomic E-state index is 9.73. The number of allylic oxidation sites excluding steroid dienone is 1. The zero-order valence-electron chi connectivity index (χ0n) is 16.1. The van der Waals surface area contributed by atoms with Gasteiger partial charge in [0.2, 0.25) is 0 Å². The Morgan fingerprint density at radius 3 is 2.73 bits per heavy atom. The van der Waals surface area contributed by atoms with E-state index < -0.39 is 0 Å². The summed E-state index contributed by atoms with van der Waals surface area (Å²) in [5.41, 5.74) is 4.95. The van der Waals surface area contributed by atoms with E-state index in [1.165, 1.54) is 0 Å². The molecule has 0 bridgehead atoms. The first-order valence-corrected chi connectivity index (χ1v) is 10.0. The molecule has 6 heteroatoms. The van der Waals surface area contributed by atoms with E-state index >= 15 is 0 Å². The molecule has 30 heavy (non-hydrogen) atoms. The predicted octanol–water partition coefficient (Wildman–Crippen LogP) is 6.82. The van der Waals surface area contributed by atoms with Gasteiger partial charge in [0.05, 0.1) is 26.7 Å². The van der Waals surface area contributed by atoms with Crippen molar-refractivity contribution in [1.29, 1.82) is 5.26 Å². The van der Waals surface area contributed by atoms with Gasteiger partial charge in [0.25, 0.3) is 0 Å². The third-order valence-corrected chi connectivity index (χ3v) is 5.35. The molecule has 1 aromatic heterocycles. The van der Waals surface area contributed by atoms with Gasteiger partial charge in [0.15, 0.2) is 0 Å². The molecular formula is C24H17Cl2N3O. The van der Waals surface area contributed by atoms with Crippen molar-refractivity contribution in [2.45, 2.75) is 13.5 Å². The minimum Gasteiger partial charge on any atom is -0.488 e. The van der Waals surface area contributed by atoms with Crippen molar-refractivity contribution in [1.82, 2.24) is 9.97 Å². The van der Waals surface area contributed by atoms with Crippen LogP contribution in [0.1, 0.15) is 22.5 Å². The molecule has 0 spiro atoms. The number of ether oxygens (including phenoxy) is 1. The predicted molar refractivity (Wildman–Crippen MR) is 122 cm³/mol. The first-order valence-electron chi connectivity index (χ1n) is 9.28. The smallest absolute Gasteiger partial charge is 0.149 e. The molecule has 4 rings (SSSR count). The van der Waals surface area contributed by atoms with Crippen LogP contribution in [0, 0.1) is 18.3 Å². The average Bonchev–Trinajstić information content (AvgIpc) is 3.16. The number of halogens is 2. The van der Waals surface area contributed by atoms with E-state index in [0.717, 1.165) is 27.7 Å². The second kappa shape index (κ2) is 8.62. The Hall–Kier alpha value is -3.26. The summed E-state index contributed by atoms with van der Waals surface area (Å²) in [6.45, 7) is 2.34. The van der Waals surface area contributed by atoms with Crippen LogP contribution < -0.4 is 4.74 Å². The summed E-state index contributed by atoms with van der Waals surface area (Å²) in [5, 5.41) is 10.7. The zero-order chi connectivity index (χ0) is 21.1. The van der Waals surface area contributed by atoms with Crippen molar-refractivity contribution in [2.75, 3.05) is 0 Å². The number of para-hydroxylation sites is 1. The number of aromatic nitrogens is 2. The molecule has 0 atom stereocenters. The largest absolute Gasteiger partial charge is 0.488 e. The van der Waals surface area contributed by atoms with Crippen molar-refractivity contribution >= 4 is 45.9 Å². The number of nitrogens with zero attached hydrogens (tertiary/aromatic N) is 2. The molecule has 0 saturated heterocycles. The van der Waals surface area contributed by atoms with Gasteiger partial charge in [-0.25, -0.2) is 4.98 Å². The fourth-order valence-corrected chi connectivity index (χ4v) is 3.40. The fraction of sp³-hybridized carbons (Fsp3) is 0.0833. The summed E-state index contributed by atoms with van der Waals surface area (Å²) in [7, 11) is 0. The number of hydrogen-bond donors (Lipinski definition) is 1. The van der Waals surface area contributed by atoms with Crippen molar-refractivity contribution in [3.8, 4) is 11.8 Å². The molecule has 0 fully saturated rings. The Bertz CT molecular complexity index is 1300. The van der Waals surface area contributed by atoms with Crippen molar-refractivity contribution in [2.24, 2.45) is 0 Å². The molecule has 0 saturated carbocycles. The first kappa shape index (κ1) is 20.0. The van der Waals surface area contributed by atoms with Crippen molar-refractivity contribution < 1.29 is 4.74 Å². The number of aryl methyl sites for hydroxylation is 1. The topological polar surface area (TPSA) is 61.7 Å². The van der Waals surface area contributed by atoms with Gasteiger partial charge in [-0.2, -0.15) is 5.26 Å². The fourth-order valence-electron chi connectivity index (χ4n) is 3.08. The molecule has 0 aliphatic carbocycles. The van der Waals surface area contributed by atoms with Gasteiger partial charge in [-0.1, -0.05) is 53.5 Å². The van der Waals surface area contributed by atoms with Crippen molar-refractivity contribution in [3.05, 3.63) is 93.2 Å². The lowest BCUT2D eigenvalue weighted by atomic mass is 10.1. The highest BCUT2D eigenvalue weighted by molar-refractivity contribution is 6.42. The molecule has 1 heterocycles. The Balaban J connectivity index is 1.63. The minimum absolute atomic E-state index is 0.327. The molecule has 0 radical (unpaired) electrons. The number of nitriles is 1. The van der Waals surface area contributed by atoms with E-state index in [0.29, 0.717) is 33.8 Å². The number of hydrogen-bond acceptors (Lipinski definition) is 3. The molecular weight excluding hydrogens is 417 g/mol. The number of benzene rings is 3. The highest BCUT2D eigenvalue weighted by atomic mass is 35.5. The number of aromatic amines is 1. The number of nitrogens with one attached hydrogen (secondary N) is 1. The second-order valence-electron chi connectivity index (χ2n) is 6.85. The molecule has 0 amide bonds. The quantitative estimate of drug-likeness (QED) is 0.351. The second-order valence-corrected chi connectivity index (χ2v) is 7.67. The van der Waals surface area contributed by atoms with Crippen molar-refractivity contribution in [3.63, 3.8) is 0 Å². The lowest BCUT2D eigenvalue weighted by Crippen LogP contribution is -1.97. The summed E-state index contributed by atoms with van der Waals surface area (Å²) in [4.78, 5) is 7.77. The summed E-state index contributed by atoms with van der Waals surface area (Å²) in [5.74, 6) is 1.18. The third-order valence-electron chi connectivity index (χ3n) is 4.61. The lowest BCUT2D eigenvalue weighted by molar-refractivity contribution is 0.305. The van der Waals surface area contributed by atoms with Gasteiger partial charge in [-0.05, 0) is 54.5 Å². The van der Waals surface area contributed by atoms with Gasteiger partial charge in [-0.3, -0.25) is 0 Å². The molecule has 3 aromatic carbocycles. The highest BCUT2D eigenvalue weighted by Crippen LogP contribution is 2.27. The highest BCUT2D eigenvalue weighted by Gasteiger charge is 2.10. The molecule has 0 unspecified atom stereocenters. The van der Waals surface area contributed by atoms with Gasteiger partial charge in [0, 0.05) is 5.56 Å². The van der Waals surface area contributed by atoms with Gasteiger partial charge >= 0.3 is 0 Å². The van der Waals surface area contributed by atoms with E-state index in [1.54, 1.807) is 18.2 Å². The Morgan fingerprint density at radius 1 is 1.10 bits per heavy atom. The van der Waals surface area contributed by atoms with Crippen LogP contribution in [-0.2, 0) is 6.61 Å². The average molecular weight is 434 g/mol. The summed E-state index contributed by atoms with van der Waals surface area (Å²) >= 11 is 12.1. The molecule has 4 nitrogen and oxygen atoms in total. The Morgan fingerprint density at radius 2 is 1.93 bits per heavy atom. The van der Waals surface area contributed by atoms with Crippen LogP contribution in [0.25, 0.3) is 22.7 Å². The molecule has 4 aromatic rings. The summed E-state index contributed by atoms with van der Waals surface area (Å²) in [6.07, 6.45) is 1.77. The number of H-pyrrole nitrogens is 1. The first-order chi connectivity index (χ1) is 14.5. The monoisotopic (exact) mass is 433 g/mol. The van der Waals surface area contributed by atoms with Crippen LogP contribution in [-0.4, -0.2) is 9.97 Å². The van der Waals surface area contributed by atoms with Crippen LogP contribution in [0.15, 0.2) is 60.7 Å². The normalized spacial score (nSPS) is 11.5. The van der Waals surface area contributed by atoms with Crippen LogP contribution in [0.4, 0.5) is 0 Å². The van der Waals surface area contributed by atoms with E-state index in [2.05, 4.69) is 16.0 Å². The third kappa shape index (κ3) is 4.33. The molecule has 148 valence electrons. The minimum atomic E-state index is 0.327. The number of fused-ring (bicyclic) bond motifs is 1. The standard InChI is InChI=1S/C24H17Cl2N3O/c1-15-6-9-21-22(10-15)29-24(28-21)18(13-27)12-17-4-2-3-5-23(17)30-14-16-7-8-19(25)20(26)11-16/h2-12H,14H2,1H3,(H,28,29)/b18-12-. The molecule has 1 N–H and O–H groups in total. The van der Waals surface area contributed by atoms with E-state index in [9.17, 15) is 5.26 Å². The SMILES string of the molecule is Cc1ccc2nc(/C(C#N)=C\c3ccccc3OCc3ccc(Cl)c(Cl)c3)[nH]c2c1. The van der Waals surface area contributed by atoms with E-state index in [-0.39, 0.29) is 0 Å². The molecule has 0 aliphatic rings. The Labute approximate surface area is 184 Å². The van der Waals surface area contributed by atoms with E-state index in [1.807, 2.05) is 55.5 Å². The van der Waals surface area contributed by atoms with Crippen LogP contribution >= 0.6 is 23.2 Å². The van der Waals surface area contributed by atoms with Crippen LogP contribution in [0.2, 0.25) is 10.0 Å². The van der Waals surface area contributed by atoms with E-state index in [4.69, 9.17) is 27.9 Å².